The first-order valence-corrected chi connectivity index (χ1v) is 9.57. The Balaban J connectivity index is 1.58. The highest BCUT2D eigenvalue weighted by atomic mass is 16.5. The first-order chi connectivity index (χ1) is 13.0. The fraction of sp³-hybridized carbons (Fsp3) is 0.600. The molecule has 0 aliphatic carbocycles. The van der Waals surface area contributed by atoms with Crippen LogP contribution in [0, 0.1) is 5.92 Å². The molecule has 2 aliphatic heterocycles. The van der Waals surface area contributed by atoms with Crippen molar-refractivity contribution in [2.75, 3.05) is 46.9 Å². The van der Waals surface area contributed by atoms with E-state index in [0.29, 0.717) is 49.3 Å². The summed E-state index contributed by atoms with van der Waals surface area (Å²) in [5.74, 6) is 1.44. The molecule has 7 nitrogen and oxygen atoms in total. The van der Waals surface area contributed by atoms with Gasteiger partial charge in [-0.15, -0.1) is 0 Å². The third kappa shape index (κ3) is 4.35. The van der Waals surface area contributed by atoms with Gasteiger partial charge in [0.25, 0.3) is 5.91 Å². The normalized spacial score (nSPS) is 23.1. The molecule has 0 radical (unpaired) electrons. The number of piperazine rings is 1. The molecular formula is C20H29N3O4. The van der Waals surface area contributed by atoms with Crippen LogP contribution in [0.15, 0.2) is 18.2 Å². The molecule has 1 aromatic carbocycles. The van der Waals surface area contributed by atoms with Gasteiger partial charge < -0.3 is 24.6 Å². The lowest BCUT2D eigenvalue weighted by Gasteiger charge is -2.38. The smallest absolute Gasteiger partial charge is 0.254 e. The van der Waals surface area contributed by atoms with Crippen molar-refractivity contribution in [3.05, 3.63) is 23.8 Å². The number of methoxy groups -OCH3 is 2. The lowest BCUT2D eigenvalue weighted by atomic mass is 9.92. The molecule has 1 N–H and O–H groups in total. The molecule has 7 heteroatoms. The minimum Gasteiger partial charge on any atom is -0.493 e. The summed E-state index contributed by atoms with van der Waals surface area (Å²) in [6.45, 7) is 5.32. The summed E-state index contributed by atoms with van der Waals surface area (Å²) < 4.78 is 10.5. The molecule has 0 spiro atoms. The van der Waals surface area contributed by atoms with E-state index >= 15 is 0 Å². The van der Waals surface area contributed by atoms with Gasteiger partial charge in [0, 0.05) is 43.7 Å². The Hall–Kier alpha value is -2.28. The molecule has 0 unspecified atom stereocenters. The Morgan fingerprint density at radius 2 is 1.70 bits per heavy atom. The predicted octanol–water partition coefficient (Wildman–Crippen LogP) is 1.38. The van der Waals surface area contributed by atoms with Crippen molar-refractivity contribution in [1.82, 2.24) is 15.1 Å². The maximum atomic E-state index is 12.8. The Bertz CT molecular complexity index is 686. The molecule has 0 aromatic heterocycles. The summed E-state index contributed by atoms with van der Waals surface area (Å²) in [6.07, 6.45) is 1.79. The fourth-order valence-corrected chi connectivity index (χ4v) is 3.90. The predicted molar refractivity (Wildman–Crippen MR) is 102 cm³/mol. The van der Waals surface area contributed by atoms with E-state index in [9.17, 15) is 9.59 Å². The molecule has 2 amide bonds. The zero-order valence-corrected chi connectivity index (χ0v) is 16.4. The number of carbonyl (C=O) groups excluding carboxylic acids is 2. The lowest BCUT2D eigenvalue weighted by Crippen LogP contribution is -2.53. The number of hydrogen-bond donors (Lipinski definition) is 1. The standard InChI is InChI=1S/C20H29N3O4/c1-14-12-16(6-7-21-14)20(25)23-10-8-22(9-11-23)19(24)15-4-5-17(26-2)18(13-15)27-3/h4-5,13-14,16,21H,6-12H2,1-3H3/t14-,16-/m0/s1. The highest BCUT2D eigenvalue weighted by molar-refractivity contribution is 5.95. The van der Waals surface area contributed by atoms with Crippen molar-refractivity contribution in [2.45, 2.75) is 25.8 Å². The molecule has 2 fully saturated rings. The van der Waals surface area contributed by atoms with E-state index in [2.05, 4.69) is 12.2 Å². The molecule has 0 saturated carbocycles. The van der Waals surface area contributed by atoms with Crippen molar-refractivity contribution in [3.8, 4) is 11.5 Å². The summed E-state index contributed by atoms with van der Waals surface area (Å²) >= 11 is 0. The molecule has 2 saturated heterocycles. The molecular weight excluding hydrogens is 346 g/mol. The van der Waals surface area contributed by atoms with Crippen LogP contribution in [0.4, 0.5) is 0 Å². The lowest BCUT2D eigenvalue weighted by molar-refractivity contribution is -0.138. The van der Waals surface area contributed by atoms with Gasteiger partial charge in [-0.05, 0) is 44.5 Å². The molecule has 2 heterocycles. The van der Waals surface area contributed by atoms with Crippen LogP contribution in [-0.4, -0.2) is 74.6 Å². The van der Waals surface area contributed by atoms with E-state index < -0.39 is 0 Å². The number of amides is 2. The Labute approximate surface area is 160 Å². The van der Waals surface area contributed by atoms with Gasteiger partial charge in [-0.3, -0.25) is 9.59 Å². The Morgan fingerprint density at radius 3 is 2.33 bits per heavy atom. The maximum Gasteiger partial charge on any atom is 0.254 e. The number of ether oxygens (including phenoxy) is 2. The highest BCUT2D eigenvalue weighted by Gasteiger charge is 2.31. The maximum absolute atomic E-state index is 12.8. The monoisotopic (exact) mass is 375 g/mol. The van der Waals surface area contributed by atoms with Gasteiger partial charge in [-0.1, -0.05) is 0 Å². The second kappa shape index (κ2) is 8.61. The second-order valence-corrected chi connectivity index (χ2v) is 7.26. The molecule has 2 atom stereocenters. The van der Waals surface area contributed by atoms with Crippen LogP contribution in [0.1, 0.15) is 30.1 Å². The van der Waals surface area contributed by atoms with Gasteiger partial charge in [0.1, 0.15) is 0 Å². The van der Waals surface area contributed by atoms with E-state index in [1.165, 1.54) is 0 Å². The molecule has 27 heavy (non-hydrogen) atoms. The number of hydrogen-bond acceptors (Lipinski definition) is 5. The zero-order valence-electron chi connectivity index (χ0n) is 16.4. The number of benzene rings is 1. The van der Waals surface area contributed by atoms with Gasteiger partial charge in [-0.25, -0.2) is 0 Å². The first-order valence-electron chi connectivity index (χ1n) is 9.57. The van der Waals surface area contributed by atoms with Crippen molar-refractivity contribution >= 4 is 11.8 Å². The van der Waals surface area contributed by atoms with Gasteiger partial charge in [0.05, 0.1) is 14.2 Å². The van der Waals surface area contributed by atoms with Crippen molar-refractivity contribution in [2.24, 2.45) is 5.92 Å². The number of piperidine rings is 1. The second-order valence-electron chi connectivity index (χ2n) is 7.26. The van der Waals surface area contributed by atoms with Crippen LogP contribution in [-0.2, 0) is 4.79 Å². The number of rotatable bonds is 4. The minimum atomic E-state index is -0.0430. The Morgan fingerprint density at radius 1 is 1.04 bits per heavy atom. The summed E-state index contributed by atoms with van der Waals surface area (Å²) in [5, 5.41) is 3.38. The average molecular weight is 375 g/mol. The fourth-order valence-electron chi connectivity index (χ4n) is 3.90. The third-order valence-corrected chi connectivity index (χ3v) is 5.48. The van der Waals surface area contributed by atoms with E-state index in [-0.39, 0.29) is 17.7 Å². The van der Waals surface area contributed by atoms with Crippen molar-refractivity contribution in [3.63, 3.8) is 0 Å². The number of nitrogens with one attached hydrogen (secondary N) is 1. The van der Waals surface area contributed by atoms with Crippen molar-refractivity contribution < 1.29 is 19.1 Å². The molecule has 3 rings (SSSR count). The topological polar surface area (TPSA) is 71.1 Å². The van der Waals surface area contributed by atoms with E-state index in [1.807, 2.05) is 4.90 Å². The van der Waals surface area contributed by atoms with Crippen LogP contribution in [0.3, 0.4) is 0 Å². The largest absolute Gasteiger partial charge is 0.493 e. The SMILES string of the molecule is COc1ccc(C(=O)N2CCN(C(=O)[C@H]3CCN[C@@H](C)C3)CC2)cc1OC. The molecule has 148 valence electrons. The first kappa shape index (κ1) is 19.5. The Kier molecular flexibility index (Phi) is 6.21. The van der Waals surface area contributed by atoms with Gasteiger partial charge in [-0.2, -0.15) is 0 Å². The molecule has 2 aliphatic rings. The van der Waals surface area contributed by atoms with Crippen LogP contribution in [0.25, 0.3) is 0 Å². The van der Waals surface area contributed by atoms with Gasteiger partial charge in [0.2, 0.25) is 5.91 Å². The minimum absolute atomic E-state index is 0.0430. The zero-order chi connectivity index (χ0) is 19.4. The third-order valence-electron chi connectivity index (χ3n) is 5.48. The van der Waals surface area contributed by atoms with Crippen LogP contribution < -0.4 is 14.8 Å². The average Bonchev–Trinajstić information content (AvgIpc) is 2.72. The number of carbonyl (C=O) groups is 2. The summed E-state index contributed by atoms with van der Waals surface area (Å²) in [4.78, 5) is 29.3. The van der Waals surface area contributed by atoms with Gasteiger partial charge >= 0.3 is 0 Å². The summed E-state index contributed by atoms with van der Waals surface area (Å²) in [6, 6.07) is 5.58. The van der Waals surface area contributed by atoms with Gasteiger partial charge in [0.15, 0.2) is 11.5 Å². The number of nitrogens with zero attached hydrogens (tertiary/aromatic N) is 2. The summed E-state index contributed by atoms with van der Waals surface area (Å²) in [5.41, 5.74) is 0.569. The highest BCUT2D eigenvalue weighted by Crippen LogP contribution is 2.28. The summed E-state index contributed by atoms with van der Waals surface area (Å²) in [7, 11) is 3.12. The molecule has 1 aromatic rings. The van der Waals surface area contributed by atoms with E-state index in [4.69, 9.17) is 9.47 Å². The quantitative estimate of drug-likeness (QED) is 0.861. The van der Waals surface area contributed by atoms with Crippen LogP contribution in [0.2, 0.25) is 0 Å². The van der Waals surface area contributed by atoms with E-state index in [1.54, 1.807) is 37.3 Å². The molecule has 0 bridgehead atoms. The van der Waals surface area contributed by atoms with Crippen LogP contribution >= 0.6 is 0 Å². The van der Waals surface area contributed by atoms with Crippen LogP contribution in [0.5, 0.6) is 11.5 Å². The van der Waals surface area contributed by atoms with Crippen molar-refractivity contribution in [1.29, 1.82) is 0 Å². The van der Waals surface area contributed by atoms with E-state index in [0.717, 1.165) is 19.4 Å².